The van der Waals surface area contributed by atoms with Crippen LogP contribution >= 0.6 is 0 Å². The molecule has 1 rings (SSSR count). The van der Waals surface area contributed by atoms with Crippen LogP contribution in [0.1, 0.15) is 83.6 Å². The zero-order chi connectivity index (χ0) is 19.0. The van der Waals surface area contributed by atoms with Crippen molar-refractivity contribution in [1.29, 1.82) is 0 Å². The van der Waals surface area contributed by atoms with E-state index in [2.05, 4.69) is 17.5 Å². The van der Waals surface area contributed by atoms with Gasteiger partial charge in [-0.1, -0.05) is 58.3 Å². The average molecular weight is 363 g/mol. The largest absolute Gasteiger partial charge is 0.504 e. The monoisotopic (exact) mass is 362 g/mol. The van der Waals surface area contributed by atoms with E-state index in [4.69, 9.17) is 4.74 Å². The number of ether oxygens (including phenoxy) is 1. The lowest BCUT2D eigenvalue weighted by atomic mass is 10.1. The van der Waals surface area contributed by atoms with Gasteiger partial charge in [-0.3, -0.25) is 4.79 Å². The number of hydrogen-bond acceptors (Lipinski definition) is 4. The number of nitrogens with one attached hydrogen (secondary N) is 1. The predicted octanol–water partition coefficient (Wildman–Crippen LogP) is 5.16. The van der Waals surface area contributed by atoms with Gasteiger partial charge in [0.15, 0.2) is 11.5 Å². The second-order valence-electron chi connectivity index (χ2n) is 6.53. The fourth-order valence-electron chi connectivity index (χ4n) is 2.72. The summed E-state index contributed by atoms with van der Waals surface area (Å²) in [5, 5.41) is 13.7. The van der Waals surface area contributed by atoms with Crippen LogP contribution in [0.5, 0.6) is 11.5 Å². The van der Waals surface area contributed by atoms with E-state index < -0.39 is 0 Å². The Morgan fingerprint density at radius 2 is 1.73 bits per heavy atom. The topological polar surface area (TPSA) is 70.9 Å². The molecule has 146 valence electrons. The van der Waals surface area contributed by atoms with E-state index in [0.717, 1.165) is 12.8 Å². The second kappa shape index (κ2) is 14.2. The molecule has 0 unspecified atom stereocenters. The van der Waals surface area contributed by atoms with Crippen LogP contribution in [0.2, 0.25) is 0 Å². The summed E-state index contributed by atoms with van der Waals surface area (Å²) < 4.78 is 5.27. The molecule has 0 aliphatic rings. The molecule has 0 saturated carbocycles. The van der Waals surface area contributed by atoms with Gasteiger partial charge in [-0.2, -0.15) is 5.10 Å². The minimum Gasteiger partial charge on any atom is -0.504 e. The first-order valence-corrected chi connectivity index (χ1v) is 9.95. The zero-order valence-corrected chi connectivity index (χ0v) is 16.3. The molecular formula is C21H34N2O3. The Labute approximate surface area is 157 Å². The van der Waals surface area contributed by atoms with Crippen LogP contribution in [0.25, 0.3) is 0 Å². The normalized spacial score (nSPS) is 11.0. The van der Waals surface area contributed by atoms with Crippen molar-refractivity contribution in [3.8, 4) is 11.5 Å². The van der Waals surface area contributed by atoms with Gasteiger partial charge in [0.05, 0.1) is 12.8 Å². The molecule has 0 atom stereocenters. The van der Waals surface area contributed by atoms with Crippen molar-refractivity contribution >= 4 is 12.1 Å². The lowest BCUT2D eigenvalue weighted by molar-refractivity contribution is -0.121. The summed E-state index contributed by atoms with van der Waals surface area (Å²) in [5.74, 6) is 0.440. The minimum atomic E-state index is -0.0700. The number of benzene rings is 1. The van der Waals surface area contributed by atoms with Crippen LogP contribution in [-0.4, -0.2) is 23.8 Å². The first kappa shape index (κ1) is 22.0. The van der Waals surface area contributed by atoms with Crippen molar-refractivity contribution < 1.29 is 14.6 Å². The first-order chi connectivity index (χ1) is 12.7. The number of nitrogens with zero attached hydrogens (tertiary/aromatic N) is 1. The molecule has 0 aliphatic heterocycles. The molecule has 1 amide bonds. The Morgan fingerprint density at radius 3 is 2.35 bits per heavy atom. The maximum absolute atomic E-state index is 11.8. The van der Waals surface area contributed by atoms with E-state index in [1.54, 1.807) is 18.2 Å². The maximum Gasteiger partial charge on any atom is 0.240 e. The quantitative estimate of drug-likeness (QED) is 0.273. The Hall–Kier alpha value is -2.04. The Bertz CT molecular complexity index is 544. The summed E-state index contributed by atoms with van der Waals surface area (Å²) >= 11 is 0. The number of amides is 1. The smallest absolute Gasteiger partial charge is 0.240 e. The highest BCUT2D eigenvalue weighted by Crippen LogP contribution is 2.26. The highest BCUT2D eigenvalue weighted by atomic mass is 16.5. The molecule has 26 heavy (non-hydrogen) atoms. The summed E-state index contributed by atoms with van der Waals surface area (Å²) in [6, 6.07) is 5.02. The first-order valence-electron chi connectivity index (χ1n) is 9.95. The van der Waals surface area contributed by atoms with Crippen LogP contribution in [0.15, 0.2) is 23.3 Å². The predicted molar refractivity (Wildman–Crippen MR) is 107 cm³/mol. The lowest BCUT2D eigenvalue weighted by Gasteiger charge is -2.05. The molecule has 2 N–H and O–H groups in total. The van der Waals surface area contributed by atoms with Gasteiger partial charge in [-0.25, -0.2) is 5.43 Å². The van der Waals surface area contributed by atoms with E-state index in [1.165, 1.54) is 51.2 Å². The van der Waals surface area contributed by atoms with E-state index in [9.17, 15) is 9.90 Å². The summed E-state index contributed by atoms with van der Waals surface area (Å²) in [7, 11) is 0. The molecule has 0 spiro atoms. The molecule has 0 aromatic heterocycles. The van der Waals surface area contributed by atoms with Crippen LogP contribution in [0.3, 0.4) is 0 Å². The minimum absolute atomic E-state index is 0.0665. The average Bonchev–Trinajstić information content (AvgIpc) is 2.62. The number of phenolic OH excluding ortho intramolecular Hbond substituents is 1. The third kappa shape index (κ3) is 10.1. The maximum atomic E-state index is 11.8. The fraction of sp³-hybridized carbons (Fsp3) is 0.619. The van der Waals surface area contributed by atoms with Crippen molar-refractivity contribution in [2.45, 2.75) is 78.1 Å². The van der Waals surface area contributed by atoms with Crippen molar-refractivity contribution in [2.75, 3.05) is 6.61 Å². The van der Waals surface area contributed by atoms with E-state index in [0.29, 0.717) is 24.3 Å². The molecule has 1 aromatic rings. The summed E-state index contributed by atoms with van der Waals surface area (Å²) in [6.45, 7) is 4.59. The van der Waals surface area contributed by atoms with Gasteiger partial charge in [0.2, 0.25) is 5.91 Å². The van der Waals surface area contributed by atoms with E-state index >= 15 is 0 Å². The van der Waals surface area contributed by atoms with Gasteiger partial charge in [-0.15, -0.1) is 0 Å². The zero-order valence-electron chi connectivity index (χ0n) is 16.3. The second-order valence-corrected chi connectivity index (χ2v) is 6.53. The van der Waals surface area contributed by atoms with Gasteiger partial charge in [0.25, 0.3) is 0 Å². The third-order valence-electron chi connectivity index (χ3n) is 4.19. The molecule has 1 aromatic carbocycles. The van der Waals surface area contributed by atoms with Crippen LogP contribution < -0.4 is 10.2 Å². The highest BCUT2D eigenvalue weighted by Gasteiger charge is 2.02. The van der Waals surface area contributed by atoms with Crippen LogP contribution in [-0.2, 0) is 4.79 Å². The Morgan fingerprint density at radius 1 is 1.08 bits per heavy atom. The number of rotatable bonds is 14. The van der Waals surface area contributed by atoms with Gasteiger partial charge >= 0.3 is 0 Å². The number of carbonyl (C=O) groups is 1. The van der Waals surface area contributed by atoms with E-state index in [1.807, 2.05) is 6.92 Å². The van der Waals surface area contributed by atoms with Gasteiger partial charge in [0, 0.05) is 6.42 Å². The number of hydrazone groups is 1. The standard InChI is InChI=1S/C21H34N2O3/c1-3-5-6-7-8-9-10-11-12-13-21(25)23-22-17-18-14-15-20(26-4-2)19(24)16-18/h14-17,24H,3-13H2,1-2H3,(H,23,25). The molecule has 5 heteroatoms. The molecule has 0 saturated heterocycles. The fourth-order valence-corrected chi connectivity index (χ4v) is 2.72. The molecule has 0 radical (unpaired) electrons. The van der Waals surface area contributed by atoms with Gasteiger partial charge in [0.1, 0.15) is 0 Å². The molecule has 0 aliphatic carbocycles. The van der Waals surface area contributed by atoms with Crippen molar-refractivity contribution in [3.63, 3.8) is 0 Å². The number of carbonyl (C=O) groups excluding carboxylic acids is 1. The van der Waals surface area contributed by atoms with Gasteiger partial charge in [-0.05, 0) is 37.1 Å². The number of hydrogen-bond donors (Lipinski definition) is 2. The highest BCUT2D eigenvalue weighted by molar-refractivity contribution is 5.83. The summed E-state index contributed by atoms with van der Waals surface area (Å²) in [6.07, 6.45) is 13.1. The molecule has 0 heterocycles. The number of aromatic hydroxyl groups is 1. The van der Waals surface area contributed by atoms with Crippen molar-refractivity contribution in [1.82, 2.24) is 5.43 Å². The molecular weight excluding hydrogens is 328 g/mol. The molecule has 0 fully saturated rings. The van der Waals surface area contributed by atoms with Crippen LogP contribution in [0, 0.1) is 0 Å². The summed E-state index contributed by atoms with van der Waals surface area (Å²) in [4.78, 5) is 11.8. The third-order valence-corrected chi connectivity index (χ3v) is 4.19. The number of phenols is 1. The number of unbranched alkanes of at least 4 members (excludes halogenated alkanes) is 8. The van der Waals surface area contributed by atoms with Crippen LogP contribution in [0.4, 0.5) is 0 Å². The van der Waals surface area contributed by atoms with Crippen molar-refractivity contribution in [2.24, 2.45) is 5.10 Å². The lowest BCUT2D eigenvalue weighted by Crippen LogP contribution is -2.16. The molecule has 0 bridgehead atoms. The van der Waals surface area contributed by atoms with Gasteiger partial charge < -0.3 is 9.84 Å². The molecule has 5 nitrogen and oxygen atoms in total. The summed E-state index contributed by atoms with van der Waals surface area (Å²) in [5.41, 5.74) is 3.24. The van der Waals surface area contributed by atoms with E-state index in [-0.39, 0.29) is 11.7 Å². The Kier molecular flexibility index (Phi) is 12.0. The SMILES string of the molecule is CCCCCCCCCCCC(=O)NN=Cc1ccc(OCC)c(O)c1. The van der Waals surface area contributed by atoms with Crippen molar-refractivity contribution in [3.05, 3.63) is 23.8 Å². The Balaban J connectivity index is 2.12.